The molecule has 2 nitrogen and oxygen atoms in total. The molecular weight excluding hydrogens is 162 g/mol. The van der Waals surface area contributed by atoms with Crippen LogP contribution >= 0.6 is 0 Å². The van der Waals surface area contributed by atoms with Crippen LogP contribution in [0.1, 0.15) is 39.5 Å². The molecule has 1 rings (SSSR count). The molecule has 1 unspecified atom stereocenters. The number of piperidine rings is 1. The summed E-state index contributed by atoms with van der Waals surface area (Å²) >= 11 is 0. The van der Waals surface area contributed by atoms with Crippen molar-refractivity contribution in [3.05, 3.63) is 0 Å². The lowest BCUT2D eigenvalue weighted by Gasteiger charge is -2.35. The van der Waals surface area contributed by atoms with Crippen molar-refractivity contribution in [1.82, 2.24) is 4.90 Å². The molecule has 1 aliphatic heterocycles. The Morgan fingerprint density at radius 3 is 2.31 bits per heavy atom. The molecular formula is C11H23NO. The summed E-state index contributed by atoms with van der Waals surface area (Å²) in [6.45, 7) is 8.20. The largest absolute Gasteiger partial charge is 0.396 e. The monoisotopic (exact) mass is 185 g/mol. The summed E-state index contributed by atoms with van der Waals surface area (Å²) in [5.74, 6) is 0. The highest BCUT2D eigenvalue weighted by atomic mass is 16.3. The summed E-state index contributed by atoms with van der Waals surface area (Å²) in [6.07, 6.45) is 5.13. The normalized spacial score (nSPS) is 24.2. The van der Waals surface area contributed by atoms with E-state index in [0.29, 0.717) is 6.61 Å². The van der Waals surface area contributed by atoms with E-state index in [4.69, 9.17) is 0 Å². The summed E-state index contributed by atoms with van der Waals surface area (Å²) in [5, 5.41) is 9.29. The third-order valence-corrected chi connectivity index (χ3v) is 3.29. The number of hydrogen-bond acceptors (Lipinski definition) is 2. The molecule has 1 heterocycles. The fourth-order valence-corrected chi connectivity index (χ4v) is 1.93. The Bertz CT molecular complexity index is 137. The fourth-order valence-electron chi connectivity index (χ4n) is 1.93. The summed E-state index contributed by atoms with van der Waals surface area (Å²) in [7, 11) is 0. The number of likely N-dealkylation sites (tertiary alicyclic amines) is 1. The van der Waals surface area contributed by atoms with Crippen LogP contribution in [0.25, 0.3) is 0 Å². The van der Waals surface area contributed by atoms with E-state index in [2.05, 4.69) is 18.7 Å². The molecule has 0 aromatic carbocycles. The van der Waals surface area contributed by atoms with Crippen LogP contribution in [0.5, 0.6) is 0 Å². The summed E-state index contributed by atoms with van der Waals surface area (Å²) in [6, 6.07) is 0. The molecule has 0 saturated carbocycles. The first-order valence-electron chi connectivity index (χ1n) is 5.53. The zero-order chi connectivity index (χ0) is 9.73. The third-order valence-electron chi connectivity index (χ3n) is 3.29. The molecule has 1 N–H and O–H groups in total. The maximum atomic E-state index is 9.29. The smallest absolute Gasteiger partial charge is 0.0496 e. The van der Waals surface area contributed by atoms with E-state index in [1.807, 2.05) is 0 Å². The van der Waals surface area contributed by atoms with Gasteiger partial charge >= 0.3 is 0 Å². The Morgan fingerprint density at radius 1 is 1.23 bits per heavy atom. The van der Waals surface area contributed by atoms with Gasteiger partial charge in [0.2, 0.25) is 0 Å². The topological polar surface area (TPSA) is 23.5 Å². The van der Waals surface area contributed by atoms with Gasteiger partial charge in [0.25, 0.3) is 0 Å². The SMILES string of the molecule is CCC(C)(CO)CN1CCCCC1. The molecule has 1 atom stereocenters. The maximum Gasteiger partial charge on any atom is 0.0496 e. The predicted octanol–water partition coefficient (Wildman–Crippen LogP) is 1.88. The first-order chi connectivity index (χ1) is 6.20. The molecule has 0 radical (unpaired) electrons. The van der Waals surface area contributed by atoms with Crippen LogP contribution in [-0.2, 0) is 0 Å². The highest BCUT2D eigenvalue weighted by molar-refractivity contribution is 4.77. The average molecular weight is 185 g/mol. The van der Waals surface area contributed by atoms with Crippen molar-refractivity contribution >= 4 is 0 Å². The van der Waals surface area contributed by atoms with E-state index in [0.717, 1.165) is 13.0 Å². The third kappa shape index (κ3) is 3.28. The zero-order valence-corrected chi connectivity index (χ0v) is 9.05. The number of hydrogen-bond donors (Lipinski definition) is 1. The van der Waals surface area contributed by atoms with Crippen LogP contribution in [0.3, 0.4) is 0 Å². The molecule has 0 aromatic heterocycles. The Hall–Kier alpha value is -0.0800. The molecule has 1 saturated heterocycles. The van der Waals surface area contributed by atoms with Crippen LogP contribution in [0.4, 0.5) is 0 Å². The van der Waals surface area contributed by atoms with Crippen LogP contribution < -0.4 is 0 Å². The highest BCUT2D eigenvalue weighted by Crippen LogP contribution is 2.23. The van der Waals surface area contributed by atoms with Gasteiger partial charge in [0.05, 0.1) is 0 Å². The molecule has 2 heteroatoms. The van der Waals surface area contributed by atoms with Gasteiger partial charge in [-0.1, -0.05) is 20.3 Å². The Kier molecular flexibility index (Phi) is 4.20. The van der Waals surface area contributed by atoms with Gasteiger partial charge in [-0.15, -0.1) is 0 Å². The van der Waals surface area contributed by atoms with E-state index in [1.165, 1.54) is 32.4 Å². The second kappa shape index (κ2) is 4.97. The maximum absolute atomic E-state index is 9.29. The molecule has 0 amide bonds. The number of aliphatic hydroxyl groups excluding tert-OH is 1. The molecule has 78 valence electrons. The van der Waals surface area contributed by atoms with Gasteiger partial charge in [-0.2, -0.15) is 0 Å². The molecule has 0 spiro atoms. The second-order valence-corrected chi connectivity index (χ2v) is 4.66. The molecule has 0 aromatic rings. The van der Waals surface area contributed by atoms with Crippen molar-refractivity contribution in [3.63, 3.8) is 0 Å². The van der Waals surface area contributed by atoms with Gasteiger partial charge < -0.3 is 10.0 Å². The molecule has 0 aliphatic carbocycles. The van der Waals surface area contributed by atoms with E-state index in [9.17, 15) is 5.11 Å². The fraction of sp³-hybridized carbons (Fsp3) is 1.00. The van der Waals surface area contributed by atoms with Gasteiger partial charge in [-0.05, 0) is 32.4 Å². The van der Waals surface area contributed by atoms with E-state index >= 15 is 0 Å². The minimum Gasteiger partial charge on any atom is -0.396 e. The first kappa shape index (κ1) is 11.0. The second-order valence-electron chi connectivity index (χ2n) is 4.66. The van der Waals surface area contributed by atoms with Gasteiger partial charge in [0, 0.05) is 18.6 Å². The number of rotatable bonds is 4. The standard InChI is InChI=1S/C11H23NO/c1-3-11(2,10-13)9-12-7-5-4-6-8-12/h13H,3-10H2,1-2H3. The summed E-state index contributed by atoms with van der Waals surface area (Å²) in [5.41, 5.74) is 0.122. The van der Waals surface area contributed by atoms with Crippen molar-refractivity contribution in [1.29, 1.82) is 0 Å². The number of aliphatic hydroxyl groups is 1. The van der Waals surface area contributed by atoms with Gasteiger partial charge in [-0.3, -0.25) is 0 Å². The minimum absolute atomic E-state index is 0.122. The van der Waals surface area contributed by atoms with Crippen molar-refractivity contribution in [3.8, 4) is 0 Å². The van der Waals surface area contributed by atoms with Crippen molar-refractivity contribution in [2.24, 2.45) is 5.41 Å². The lowest BCUT2D eigenvalue weighted by Crippen LogP contribution is -2.40. The zero-order valence-electron chi connectivity index (χ0n) is 9.05. The van der Waals surface area contributed by atoms with Crippen LogP contribution in [0.2, 0.25) is 0 Å². The lowest BCUT2D eigenvalue weighted by atomic mass is 9.87. The van der Waals surface area contributed by atoms with Crippen LogP contribution in [0.15, 0.2) is 0 Å². The average Bonchev–Trinajstić information content (AvgIpc) is 2.19. The van der Waals surface area contributed by atoms with Gasteiger partial charge in [0.15, 0.2) is 0 Å². The first-order valence-corrected chi connectivity index (χ1v) is 5.53. The molecule has 1 fully saturated rings. The van der Waals surface area contributed by atoms with Crippen molar-refractivity contribution in [2.75, 3.05) is 26.2 Å². The Morgan fingerprint density at radius 2 is 1.85 bits per heavy atom. The lowest BCUT2D eigenvalue weighted by molar-refractivity contribution is 0.0756. The van der Waals surface area contributed by atoms with Crippen molar-refractivity contribution < 1.29 is 5.11 Å². The molecule has 1 aliphatic rings. The quantitative estimate of drug-likeness (QED) is 0.723. The van der Waals surface area contributed by atoms with Crippen LogP contribution in [-0.4, -0.2) is 36.2 Å². The van der Waals surface area contributed by atoms with Crippen LogP contribution in [0, 0.1) is 5.41 Å². The minimum atomic E-state index is 0.122. The Balaban J connectivity index is 2.35. The van der Waals surface area contributed by atoms with Crippen molar-refractivity contribution in [2.45, 2.75) is 39.5 Å². The Labute approximate surface area is 81.9 Å². The molecule has 13 heavy (non-hydrogen) atoms. The number of nitrogens with zero attached hydrogens (tertiary/aromatic N) is 1. The highest BCUT2D eigenvalue weighted by Gasteiger charge is 2.24. The summed E-state index contributed by atoms with van der Waals surface area (Å²) in [4.78, 5) is 2.50. The van der Waals surface area contributed by atoms with E-state index in [1.54, 1.807) is 0 Å². The summed E-state index contributed by atoms with van der Waals surface area (Å²) < 4.78 is 0. The van der Waals surface area contributed by atoms with Gasteiger partial charge in [0.1, 0.15) is 0 Å². The van der Waals surface area contributed by atoms with E-state index in [-0.39, 0.29) is 5.41 Å². The van der Waals surface area contributed by atoms with E-state index < -0.39 is 0 Å². The molecule has 0 bridgehead atoms. The van der Waals surface area contributed by atoms with Gasteiger partial charge in [-0.25, -0.2) is 0 Å². The predicted molar refractivity (Wildman–Crippen MR) is 55.8 cm³/mol.